The van der Waals surface area contributed by atoms with E-state index in [4.69, 9.17) is 21.3 Å². The molecule has 0 radical (unpaired) electrons. The maximum atomic E-state index is 6.31. The van der Waals surface area contributed by atoms with E-state index in [0.717, 1.165) is 41.4 Å². The van der Waals surface area contributed by atoms with Gasteiger partial charge in [-0.2, -0.15) is 0 Å². The third-order valence-corrected chi connectivity index (χ3v) is 4.10. The van der Waals surface area contributed by atoms with E-state index in [-0.39, 0.29) is 12.1 Å². The summed E-state index contributed by atoms with van der Waals surface area (Å²) >= 11 is 6.31. The monoisotopic (exact) mass is 279 g/mol. The fourth-order valence-electron chi connectivity index (χ4n) is 2.83. The summed E-state index contributed by atoms with van der Waals surface area (Å²) in [6, 6.07) is 6.12. The van der Waals surface area contributed by atoms with Gasteiger partial charge in [-0.05, 0) is 25.5 Å². The highest BCUT2D eigenvalue weighted by Crippen LogP contribution is 2.30. The summed E-state index contributed by atoms with van der Waals surface area (Å²) in [6.45, 7) is 3.86. The van der Waals surface area contributed by atoms with Crippen LogP contribution in [0.4, 0.5) is 0 Å². The number of methoxy groups -OCH3 is 1. The number of hydrogen-bond acceptors (Lipinski definition) is 3. The Morgan fingerprint density at radius 3 is 3.05 bits per heavy atom. The van der Waals surface area contributed by atoms with Crippen LogP contribution < -0.4 is 5.32 Å². The molecular formula is C14H18ClN3O. The molecule has 0 amide bonds. The smallest absolute Gasteiger partial charge is 0.127 e. The zero-order valence-corrected chi connectivity index (χ0v) is 11.9. The van der Waals surface area contributed by atoms with Crippen molar-refractivity contribution >= 4 is 22.6 Å². The van der Waals surface area contributed by atoms with E-state index in [1.807, 2.05) is 18.2 Å². The van der Waals surface area contributed by atoms with Crippen molar-refractivity contribution < 1.29 is 4.74 Å². The fraction of sp³-hybridized carbons (Fsp3) is 0.500. The van der Waals surface area contributed by atoms with Crippen molar-refractivity contribution in [3.8, 4) is 0 Å². The Hall–Kier alpha value is -1.10. The number of benzene rings is 1. The Kier molecular flexibility index (Phi) is 3.48. The van der Waals surface area contributed by atoms with Crippen molar-refractivity contribution in [2.75, 3.05) is 13.7 Å². The quantitative estimate of drug-likeness (QED) is 0.939. The predicted octanol–water partition coefficient (Wildman–Crippen LogP) is 2.76. The van der Waals surface area contributed by atoms with Gasteiger partial charge >= 0.3 is 0 Å². The van der Waals surface area contributed by atoms with Crippen molar-refractivity contribution in [2.24, 2.45) is 0 Å². The molecule has 0 spiro atoms. The molecule has 0 aliphatic carbocycles. The van der Waals surface area contributed by atoms with Crippen LogP contribution in [0.5, 0.6) is 0 Å². The molecule has 1 aliphatic rings. The van der Waals surface area contributed by atoms with Crippen LogP contribution in [-0.4, -0.2) is 29.3 Å². The lowest BCUT2D eigenvalue weighted by Gasteiger charge is -2.12. The highest BCUT2D eigenvalue weighted by Gasteiger charge is 2.29. The van der Waals surface area contributed by atoms with E-state index in [1.165, 1.54) is 0 Å². The van der Waals surface area contributed by atoms with Crippen LogP contribution in [0.25, 0.3) is 11.0 Å². The second-order valence-corrected chi connectivity index (χ2v) is 5.28. The highest BCUT2D eigenvalue weighted by molar-refractivity contribution is 6.35. The largest absolute Gasteiger partial charge is 0.380 e. The van der Waals surface area contributed by atoms with Crippen molar-refractivity contribution in [2.45, 2.75) is 32.0 Å². The zero-order chi connectivity index (χ0) is 13.4. The molecule has 1 aromatic heterocycles. The van der Waals surface area contributed by atoms with E-state index >= 15 is 0 Å². The van der Waals surface area contributed by atoms with Crippen molar-refractivity contribution in [1.29, 1.82) is 0 Å². The standard InChI is InChI=1S/C14H18ClN3O/c1-3-18-13-10(15)5-4-6-11(13)17-14(18)12-7-9(19-2)8-16-12/h4-6,9,12,16H,3,7-8H2,1-2H3. The number of imidazole rings is 1. The first-order valence-corrected chi connectivity index (χ1v) is 7.03. The molecule has 1 aromatic carbocycles. The molecule has 1 fully saturated rings. The van der Waals surface area contributed by atoms with Crippen molar-refractivity contribution in [1.82, 2.24) is 14.9 Å². The first kappa shape index (κ1) is 12.9. The number of aryl methyl sites for hydroxylation is 1. The Labute approximate surface area is 117 Å². The van der Waals surface area contributed by atoms with Gasteiger partial charge in [0.05, 0.1) is 28.2 Å². The van der Waals surface area contributed by atoms with E-state index in [0.29, 0.717) is 0 Å². The lowest BCUT2D eigenvalue weighted by Crippen LogP contribution is -2.18. The summed E-state index contributed by atoms with van der Waals surface area (Å²) in [5.74, 6) is 1.06. The van der Waals surface area contributed by atoms with Gasteiger partial charge in [0.25, 0.3) is 0 Å². The van der Waals surface area contributed by atoms with E-state index in [9.17, 15) is 0 Å². The number of rotatable bonds is 3. The second kappa shape index (κ2) is 5.12. The third-order valence-electron chi connectivity index (χ3n) is 3.80. The molecule has 1 aliphatic heterocycles. The van der Waals surface area contributed by atoms with Gasteiger partial charge < -0.3 is 14.6 Å². The first-order valence-electron chi connectivity index (χ1n) is 6.65. The number of para-hydroxylation sites is 1. The van der Waals surface area contributed by atoms with Crippen LogP contribution in [0, 0.1) is 0 Å². The predicted molar refractivity (Wildman–Crippen MR) is 76.6 cm³/mol. The molecule has 19 heavy (non-hydrogen) atoms. The number of nitrogens with one attached hydrogen (secondary N) is 1. The normalized spacial score (nSPS) is 23.3. The van der Waals surface area contributed by atoms with Crippen LogP contribution in [0.3, 0.4) is 0 Å². The lowest BCUT2D eigenvalue weighted by molar-refractivity contribution is 0.117. The fourth-order valence-corrected chi connectivity index (χ4v) is 3.10. The third kappa shape index (κ3) is 2.14. The van der Waals surface area contributed by atoms with E-state index in [2.05, 4.69) is 16.8 Å². The maximum Gasteiger partial charge on any atom is 0.127 e. The van der Waals surface area contributed by atoms with Gasteiger partial charge in [0.15, 0.2) is 0 Å². The molecule has 0 saturated carbocycles. The lowest BCUT2D eigenvalue weighted by atomic mass is 10.2. The highest BCUT2D eigenvalue weighted by atomic mass is 35.5. The summed E-state index contributed by atoms with van der Waals surface area (Å²) in [5, 5.41) is 4.24. The number of hydrogen-bond donors (Lipinski definition) is 1. The van der Waals surface area contributed by atoms with Gasteiger partial charge in [0.2, 0.25) is 0 Å². The molecule has 3 rings (SSSR count). The van der Waals surface area contributed by atoms with Gasteiger partial charge in [-0.1, -0.05) is 17.7 Å². The Morgan fingerprint density at radius 1 is 1.53 bits per heavy atom. The average molecular weight is 280 g/mol. The molecule has 2 aromatic rings. The van der Waals surface area contributed by atoms with Gasteiger partial charge in [-0.15, -0.1) is 0 Å². The number of aromatic nitrogens is 2. The van der Waals surface area contributed by atoms with Crippen LogP contribution >= 0.6 is 11.6 Å². The van der Waals surface area contributed by atoms with Crippen molar-refractivity contribution in [3.63, 3.8) is 0 Å². The number of ether oxygens (including phenoxy) is 1. The number of nitrogens with zero attached hydrogens (tertiary/aromatic N) is 2. The minimum atomic E-state index is 0.244. The average Bonchev–Trinajstić information content (AvgIpc) is 3.02. The van der Waals surface area contributed by atoms with Gasteiger partial charge in [0, 0.05) is 20.2 Å². The summed E-state index contributed by atoms with van der Waals surface area (Å²) in [7, 11) is 1.76. The molecule has 0 bridgehead atoms. The van der Waals surface area contributed by atoms with E-state index in [1.54, 1.807) is 7.11 Å². The Morgan fingerprint density at radius 2 is 2.37 bits per heavy atom. The van der Waals surface area contributed by atoms with Crippen LogP contribution in [0.2, 0.25) is 5.02 Å². The molecular weight excluding hydrogens is 262 g/mol. The van der Waals surface area contributed by atoms with Gasteiger partial charge in [-0.25, -0.2) is 4.98 Å². The van der Waals surface area contributed by atoms with Gasteiger partial charge in [-0.3, -0.25) is 0 Å². The zero-order valence-electron chi connectivity index (χ0n) is 11.2. The maximum absolute atomic E-state index is 6.31. The van der Waals surface area contributed by atoms with Crippen molar-refractivity contribution in [3.05, 3.63) is 29.0 Å². The topological polar surface area (TPSA) is 39.1 Å². The van der Waals surface area contributed by atoms with Crippen LogP contribution in [0.1, 0.15) is 25.2 Å². The summed E-state index contributed by atoms with van der Waals surface area (Å²) in [6.07, 6.45) is 1.22. The molecule has 2 atom stereocenters. The summed E-state index contributed by atoms with van der Waals surface area (Å²) in [5.41, 5.74) is 2.00. The first-order chi connectivity index (χ1) is 9.24. The van der Waals surface area contributed by atoms with E-state index < -0.39 is 0 Å². The van der Waals surface area contributed by atoms with Crippen LogP contribution in [-0.2, 0) is 11.3 Å². The molecule has 4 nitrogen and oxygen atoms in total. The minimum absolute atomic E-state index is 0.244. The molecule has 1 saturated heterocycles. The Balaban J connectivity index is 2.06. The van der Waals surface area contributed by atoms with Gasteiger partial charge in [0.1, 0.15) is 5.82 Å². The molecule has 2 unspecified atom stereocenters. The van der Waals surface area contributed by atoms with Crippen LogP contribution in [0.15, 0.2) is 18.2 Å². The number of halogens is 1. The Bertz CT molecular complexity index is 596. The summed E-state index contributed by atoms with van der Waals surface area (Å²) in [4.78, 5) is 4.76. The molecule has 2 heterocycles. The number of fused-ring (bicyclic) bond motifs is 1. The molecule has 1 N–H and O–H groups in total. The molecule has 102 valence electrons. The SMILES string of the molecule is CCn1c(C2CC(OC)CN2)nc2cccc(Cl)c21. The summed E-state index contributed by atoms with van der Waals surface area (Å²) < 4.78 is 7.61. The minimum Gasteiger partial charge on any atom is -0.380 e. The second-order valence-electron chi connectivity index (χ2n) is 4.88. The molecule has 5 heteroatoms.